The Hall–Kier alpha value is -2.32. The monoisotopic (exact) mass is 324 g/mol. The lowest BCUT2D eigenvalue weighted by Crippen LogP contribution is -2.41. The van der Waals surface area contributed by atoms with Crippen LogP contribution >= 0.6 is 0 Å². The number of hydrogen-bond donors (Lipinski definition) is 1. The topological polar surface area (TPSA) is 65.1 Å². The Morgan fingerprint density at radius 1 is 1.29 bits per heavy atom. The molecule has 24 heavy (non-hydrogen) atoms. The second-order valence-electron chi connectivity index (χ2n) is 6.45. The van der Waals surface area contributed by atoms with Gasteiger partial charge in [-0.05, 0) is 51.4 Å². The molecule has 0 spiro atoms. The van der Waals surface area contributed by atoms with Gasteiger partial charge in [-0.15, -0.1) is 0 Å². The number of oxazole rings is 1. The molecule has 126 valence electrons. The van der Waals surface area contributed by atoms with E-state index < -0.39 is 0 Å². The zero-order valence-corrected chi connectivity index (χ0v) is 14.4. The highest BCUT2D eigenvalue weighted by molar-refractivity contribution is 5.62. The number of nitriles is 1. The van der Waals surface area contributed by atoms with E-state index in [1.165, 1.54) is 19.3 Å². The van der Waals surface area contributed by atoms with Crippen LogP contribution in [0.2, 0.25) is 0 Å². The maximum Gasteiger partial charge on any atom is 0.232 e. The highest BCUT2D eigenvalue weighted by Crippen LogP contribution is 2.27. The van der Waals surface area contributed by atoms with E-state index in [0.717, 1.165) is 30.8 Å². The third-order valence-corrected chi connectivity index (χ3v) is 4.68. The van der Waals surface area contributed by atoms with E-state index in [4.69, 9.17) is 4.42 Å². The molecule has 1 saturated heterocycles. The zero-order valence-electron chi connectivity index (χ0n) is 14.4. The second-order valence-corrected chi connectivity index (χ2v) is 6.45. The first kappa shape index (κ1) is 16.5. The number of rotatable bonds is 5. The molecular weight excluding hydrogens is 300 g/mol. The van der Waals surface area contributed by atoms with Crippen molar-refractivity contribution in [3.05, 3.63) is 35.5 Å². The molecule has 1 aromatic heterocycles. The van der Waals surface area contributed by atoms with Gasteiger partial charge in [-0.1, -0.05) is 24.6 Å². The lowest BCUT2D eigenvalue weighted by atomic mass is 10.1. The van der Waals surface area contributed by atoms with E-state index >= 15 is 0 Å². The standard InChI is InChI=1S/C19H24N4O/c1-14-8-4-5-9-16(14)18-22-17(12-20)19(24-18)21-13-15(2)23-10-6-3-7-11-23/h4-5,8-9,15,21H,3,6-7,10-11,13H2,1-2H3. The number of anilines is 1. The molecule has 0 amide bonds. The molecule has 1 atom stereocenters. The van der Waals surface area contributed by atoms with Crippen molar-refractivity contribution in [3.8, 4) is 17.5 Å². The molecule has 0 saturated carbocycles. The number of piperidine rings is 1. The molecule has 1 fully saturated rings. The Morgan fingerprint density at radius 2 is 2.04 bits per heavy atom. The number of aryl methyl sites for hydroxylation is 1. The second kappa shape index (κ2) is 7.50. The van der Waals surface area contributed by atoms with Gasteiger partial charge in [-0.2, -0.15) is 10.2 Å². The molecule has 3 rings (SSSR count). The minimum absolute atomic E-state index is 0.319. The Labute approximate surface area is 143 Å². The summed E-state index contributed by atoms with van der Waals surface area (Å²) in [7, 11) is 0. The summed E-state index contributed by atoms with van der Waals surface area (Å²) >= 11 is 0. The van der Waals surface area contributed by atoms with Crippen molar-refractivity contribution in [2.75, 3.05) is 25.0 Å². The number of likely N-dealkylation sites (tertiary alicyclic amines) is 1. The summed E-state index contributed by atoms with van der Waals surface area (Å²) in [6.07, 6.45) is 3.87. The van der Waals surface area contributed by atoms with Crippen LogP contribution in [0.1, 0.15) is 37.4 Å². The smallest absolute Gasteiger partial charge is 0.232 e. The van der Waals surface area contributed by atoms with E-state index in [0.29, 0.717) is 23.5 Å². The molecule has 1 aliphatic rings. The summed E-state index contributed by atoms with van der Waals surface area (Å²) in [6, 6.07) is 10.4. The van der Waals surface area contributed by atoms with E-state index in [2.05, 4.69) is 28.2 Å². The Morgan fingerprint density at radius 3 is 2.75 bits per heavy atom. The first-order valence-electron chi connectivity index (χ1n) is 8.64. The van der Waals surface area contributed by atoms with Crippen LogP contribution in [-0.2, 0) is 0 Å². The zero-order chi connectivity index (χ0) is 16.9. The molecule has 0 radical (unpaired) electrons. The van der Waals surface area contributed by atoms with Gasteiger partial charge in [0.1, 0.15) is 6.07 Å². The Bertz CT molecular complexity index is 725. The quantitative estimate of drug-likeness (QED) is 0.906. The lowest BCUT2D eigenvalue weighted by molar-refractivity contribution is 0.180. The van der Waals surface area contributed by atoms with Gasteiger partial charge in [0, 0.05) is 18.2 Å². The third kappa shape index (κ3) is 3.60. The minimum atomic E-state index is 0.319. The largest absolute Gasteiger partial charge is 0.419 e. The van der Waals surface area contributed by atoms with Crippen molar-refractivity contribution in [2.45, 2.75) is 39.2 Å². The van der Waals surface area contributed by atoms with Crippen LogP contribution in [-0.4, -0.2) is 35.6 Å². The average molecular weight is 324 g/mol. The maximum atomic E-state index is 9.34. The fourth-order valence-corrected chi connectivity index (χ4v) is 3.17. The SMILES string of the molecule is Cc1ccccc1-c1nc(C#N)c(NCC(C)N2CCCCC2)o1. The van der Waals surface area contributed by atoms with Gasteiger partial charge in [0.05, 0.1) is 0 Å². The average Bonchev–Trinajstić information content (AvgIpc) is 3.04. The van der Waals surface area contributed by atoms with Gasteiger partial charge in [0.15, 0.2) is 0 Å². The molecule has 2 aromatic rings. The van der Waals surface area contributed by atoms with Crippen LogP contribution in [0.4, 0.5) is 5.88 Å². The summed E-state index contributed by atoms with van der Waals surface area (Å²) in [5.41, 5.74) is 2.32. The summed E-state index contributed by atoms with van der Waals surface area (Å²) in [5, 5.41) is 12.6. The van der Waals surface area contributed by atoms with Gasteiger partial charge >= 0.3 is 0 Å². The molecule has 1 aromatic carbocycles. The number of hydrogen-bond acceptors (Lipinski definition) is 5. The van der Waals surface area contributed by atoms with Gasteiger partial charge in [-0.25, -0.2) is 0 Å². The lowest BCUT2D eigenvalue weighted by Gasteiger charge is -2.32. The van der Waals surface area contributed by atoms with Crippen LogP contribution in [0.15, 0.2) is 28.7 Å². The van der Waals surface area contributed by atoms with Gasteiger partial charge in [0.25, 0.3) is 0 Å². The van der Waals surface area contributed by atoms with Gasteiger partial charge in [0.2, 0.25) is 17.5 Å². The van der Waals surface area contributed by atoms with Crippen LogP contribution in [0, 0.1) is 18.3 Å². The maximum absolute atomic E-state index is 9.34. The first-order valence-corrected chi connectivity index (χ1v) is 8.64. The third-order valence-electron chi connectivity index (χ3n) is 4.68. The molecule has 5 heteroatoms. The van der Waals surface area contributed by atoms with Crippen molar-refractivity contribution >= 4 is 5.88 Å². The molecule has 1 N–H and O–H groups in total. The Balaban J connectivity index is 1.72. The molecule has 1 unspecified atom stereocenters. The van der Waals surface area contributed by atoms with Crippen LogP contribution in [0.5, 0.6) is 0 Å². The molecule has 0 bridgehead atoms. The number of aromatic nitrogens is 1. The number of benzene rings is 1. The van der Waals surface area contributed by atoms with E-state index in [1.807, 2.05) is 31.2 Å². The Kier molecular flexibility index (Phi) is 5.17. The fraction of sp³-hybridized carbons (Fsp3) is 0.474. The number of nitrogens with one attached hydrogen (secondary N) is 1. The molecule has 1 aliphatic heterocycles. The predicted octanol–water partition coefficient (Wildman–Crippen LogP) is 3.81. The van der Waals surface area contributed by atoms with E-state index in [1.54, 1.807) is 0 Å². The van der Waals surface area contributed by atoms with Crippen LogP contribution in [0.25, 0.3) is 11.5 Å². The summed E-state index contributed by atoms with van der Waals surface area (Å²) in [6.45, 7) is 7.27. The van der Waals surface area contributed by atoms with Crippen LogP contribution < -0.4 is 5.32 Å². The van der Waals surface area contributed by atoms with Crippen molar-refractivity contribution < 1.29 is 4.42 Å². The van der Waals surface area contributed by atoms with Gasteiger partial charge < -0.3 is 9.73 Å². The summed E-state index contributed by atoms with van der Waals surface area (Å²) in [5.74, 6) is 0.970. The highest BCUT2D eigenvalue weighted by Gasteiger charge is 2.19. The minimum Gasteiger partial charge on any atom is -0.419 e. The molecule has 2 heterocycles. The molecular formula is C19H24N4O. The molecule has 0 aliphatic carbocycles. The molecule has 5 nitrogen and oxygen atoms in total. The fourth-order valence-electron chi connectivity index (χ4n) is 3.17. The van der Waals surface area contributed by atoms with Gasteiger partial charge in [-0.3, -0.25) is 4.90 Å². The first-order chi connectivity index (χ1) is 11.7. The number of nitrogens with zero attached hydrogens (tertiary/aromatic N) is 3. The van der Waals surface area contributed by atoms with Crippen LogP contribution in [0.3, 0.4) is 0 Å². The van der Waals surface area contributed by atoms with E-state index in [-0.39, 0.29) is 0 Å². The van der Waals surface area contributed by atoms with Crippen molar-refractivity contribution in [3.63, 3.8) is 0 Å². The summed E-state index contributed by atoms with van der Waals surface area (Å²) in [4.78, 5) is 6.83. The summed E-state index contributed by atoms with van der Waals surface area (Å²) < 4.78 is 5.85. The van der Waals surface area contributed by atoms with Crippen molar-refractivity contribution in [1.82, 2.24) is 9.88 Å². The van der Waals surface area contributed by atoms with E-state index in [9.17, 15) is 5.26 Å². The van der Waals surface area contributed by atoms with Crippen molar-refractivity contribution in [1.29, 1.82) is 5.26 Å². The van der Waals surface area contributed by atoms with Crippen molar-refractivity contribution in [2.24, 2.45) is 0 Å². The predicted molar refractivity (Wildman–Crippen MR) is 94.8 cm³/mol. The highest BCUT2D eigenvalue weighted by atomic mass is 16.4. The normalized spacial score (nSPS) is 16.5.